The van der Waals surface area contributed by atoms with Gasteiger partial charge in [0.2, 0.25) is 5.60 Å². The lowest BCUT2D eigenvalue weighted by molar-refractivity contribution is -0.155. The van der Waals surface area contributed by atoms with Gasteiger partial charge in [0.1, 0.15) is 36.5 Å². The number of hydrogen-bond acceptors (Lipinski definition) is 9. The van der Waals surface area contributed by atoms with Crippen molar-refractivity contribution in [2.45, 2.75) is 43.3 Å². The Morgan fingerprint density at radius 1 is 1.48 bits per heavy atom. The van der Waals surface area contributed by atoms with E-state index in [0.717, 1.165) is 0 Å². The van der Waals surface area contributed by atoms with E-state index in [-0.39, 0.29) is 12.3 Å². The summed E-state index contributed by atoms with van der Waals surface area (Å²) in [5.41, 5.74) is 9.56. The van der Waals surface area contributed by atoms with Crippen LogP contribution in [0.1, 0.15) is 19.5 Å². The molecule has 27 heavy (non-hydrogen) atoms. The van der Waals surface area contributed by atoms with Gasteiger partial charge in [-0.3, -0.25) is 4.79 Å². The number of anilines is 1. The highest BCUT2D eigenvalue weighted by Crippen LogP contribution is 2.40. The van der Waals surface area contributed by atoms with Crippen LogP contribution < -0.4 is 11.5 Å². The van der Waals surface area contributed by atoms with Crippen LogP contribution >= 0.6 is 0 Å². The molecule has 1 aliphatic heterocycles. The van der Waals surface area contributed by atoms with Gasteiger partial charge in [0, 0.05) is 6.20 Å². The number of aliphatic hydroxyl groups is 2. The third-order valence-corrected chi connectivity index (χ3v) is 4.50. The molecule has 0 bridgehead atoms. The van der Waals surface area contributed by atoms with Crippen LogP contribution in [0, 0.1) is 11.3 Å². The summed E-state index contributed by atoms with van der Waals surface area (Å²) in [6.07, 6.45) is -2.75. The number of aliphatic hydroxyl groups excluding tert-OH is 2. The molecule has 1 fully saturated rings. The van der Waals surface area contributed by atoms with Crippen molar-refractivity contribution in [2.75, 3.05) is 12.3 Å². The first kappa shape index (κ1) is 19.1. The Hall–Kier alpha value is -2.71. The predicted molar refractivity (Wildman–Crippen MR) is 93.0 cm³/mol. The summed E-state index contributed by atoms with van der Waals surface area (Å²) in [6.45, 7) is 2.57. The van der Waals surface area contributed by atoms with Crippen molar-refractivity contribution in [1.82, 2.24) is 9.61 Å². The number of aromatic nitrogens is 2. The van der Waals surface area contributed by atoms with Crippen LogP contribution in [-0.4, -0.2) is 56.3 Å². The van der Waals surface area contributed by atoms with E-state index < -0.39 is 35.4 Å². The van der Waals surface area contributed by atoms with Crippen LogP contribution in [0.2, 0.25) is 0 Å². The van der Waals surface area contributed by atoms with Gasteiger partial charge in [0.15, 0.2) is 0 Å². The number of nitriles is 1. The number of carbonyl (C=O) groups is 1. The first-order chi connectivity index (χ1) is 12.6. The molecular weight excluding hydrogens is 354 g/mol. The monoisotopic (exact) mass is 375 g/mol. The second kappa shape index (κ2) is 6.47. The molecule has 0 radical (unpaired) electrons. The van der Waals surface area contributed by atoms with Crippen LogP contribution in [0.4, 0.5) is 5.69 Å². The zero-order chi connectivity index (χ0) is 20.0. The van der Waals surface area contributed by atoms with E-state index >= 15 is 0 Å². The number of esters is 1. The smallest absolute Gasteiger partial charge is 0.325 e. The lowest BCUT2D eigenvalue weighted by atomic mass is 9.92. The first-order valence-corrected chi connectivity index (χ1v) is 8.26. The highest BCUT2D eigenvalue weighted by atomic mass is 16.6. The molecule has 1 saturated heterocycles. The van der Waals surface area contributed by atoms with Crippen molar-refractivity contribution in [1.29, 1.82) is 5.26 Å². The highest BCUT2D eigenvalue weighted by Gasteiger charge is 2.57. The van der Waals surface area contributed by atoms with Gasteiger partial charge in [0.05, 0.1) is 16.9 Å². The van der Waals surface area contributed by atoms with Crippen LogP contribution in [-0.2, 0) is 19.9 Å². The molecule has 0 amide bonds. The molecule has 10 heteroatoms. The molecule has 0 spiro atoms. The van der Waals surface area contributed by atoms with E-state index in [9.17, 15) is 20.3 Å². The van der Waals surface area contributed by atoms with E-state index in [2.05, 4.69) is 5.10 Å². The Morgan fingerprint density at radius 2 is 2.19 bits per heavy atom. The van der Waals surface area contributed by atoms with Gasteiger partial charge in [-0.25, -0.2) is 4.52 Å². The lowest BCUT2D eigenvalue weighted by Crippen LogP contribution is -2.44. The third-order valence-electron chi connectivity index (χ3n) is 4.50. The normalized spacial score (nSPS) is 28.2. The number of hydrogen-bond donors (Lipinski definition) is 4. The maximum absolute atomic E-state index is 11.8. The summed E-state index contributed by atoms with van der Waals surface area (Å²) in [4.78, 5) is 11.8. The molecule has 4 atom stereocenters. The molecule has 3 rings (SSSR count). The van der Waals surface area contributed by atoms with Crippen LogP contribution in [0.3, 0.4) is 0 Å². The number of fused-ring (bicyclic) bond motifs is 1. The molecule has 10 nitrogen and oxygen atoms in total. The Morgan fingerprint density at radius 3 is 2.81 bits per heavy atom. The average molecular weight is 375 g/mol. The predicted octanol–water partition coefficient (Wildman–Crippen LogP) is -0.964. The average Bonchev–Trinajstić information content (AvgIpc) is 3.15. The van der Waals surface area contributed by atoms with Crippen LogP contribution in [0.25, 0.3) is 5.52 Å². The Kier molecular flexibility index (Phi) is 4.57. The molecule has 2 aromatic rings. The topological polar surface area (TPSA) is 169 Å². The van der Waals surface area contributed by atoms with Crippen LogP contribution in [0.15, 0.2) is 24.4 Å². The Balaban J connectivity index is 1.93. The minimum Gasteiger partial charge on any atom is -0.461 e. The molecule has 6 N–H and O–H groups in total. The minimum atomic E-state index is -1.91. The highest BCUT2D eigenvalue weighted by molar-refractivity contribution is 5.79. The van der Waals surface area contributed by atoms with Gasteiger partial charge in [-0.2, -0.15) is 10.4 Å². The number of nitrogens with zero attached hydrogens (tertiary/aromatic N) is 3. The molecule has 0 saturated carbocycles. The minimum absolute atomic E-state index is 0.201. The van der Waals surface area contributed by atoms with Crippen molar-refractivity contribution >= 4 is 17.2 Å². The fourth-order valence-electron chi connectivity index (χ4n) is 2.98. The summed E-state index contributed by atoms with van der Waals surface area (Å²) in [5, 5.41) is 34.9. The van der Waals surface area contributed by atoms with E-state index in [1.165, 1.54) is 30.6 Å². The fourth-order valence-corrected chi connectivity index (χ4v) is 2.98. The summed E-state index contributed by atoms with van der Waals surface area (Å²) in [6, 6.07) is 6.68. The molecule has 144 valence electrons. The van der Waals surface area contributed by atoms with Gasteiger partial charge < -0.3 is 31.2 Å². The molecule has 0 aliphatic carbocycles. The Bertz CT molecular complexity index is 915. The SMILES string of the molecule is CC(C)(N)C(=O)OC[C@H]1O[C@@](C#N)(c2ccc3c(N)ccnn23)[C@H](O)[C@@H]1O. The number of nitrogen functional groups attached to an aromatic ring is 1. The van der Waals surface area contributed by atoms with Gasteiger partial charge in [-0.15, -0.1) is 0 Å². The van der Waals surface area contributed by atoms with Crippen molar-refractivity contribution < 1.29 is 24.5 Å². The summed E-state index contributed by atoms with van der Waals surface area (Å²) in [7, 11) is 0. The van der Waals surface area contributed by atoms with Gasteiger partial charge in [-0.1, -0.05) is 0 Å². The molecular formula is C17H21N5O5. The zero-order valence-corrected chi connectivity index (χ0v) is 14.9. The fraction of sp³-hybridized carbons (Fsp3) is 0.471. The second-order valence-corrected chi connectivity index (χ2v) is 7.06. The summed E-state index contributed by atoms with van der Waals surface area (Å²) in [5.74, 6) is -0.704. The van der Waals surface area contributed by atoms with Crippen LogP contribution in [0.5, 0.6) is 0 Å². The molecule has 0 unspecified atom stereocenters. The third kappa shape index (κ3) is 3.00. The van der Waals surface area contributed by atoms with E-state index in [1.807, 2.05) is 6.07 Å². The number of rotatable bonds is 4. The Labute approximate surface area is 154 Å². The van der Waals surface area contributed by atoms with Crippen molar-refractivity contribution in [3.63, 3.8) is 0 Å². The van der Waals surface area contributed by atoms with Crippen molar-refractivity contribution in [3.8, 4) is 6.07 Å². The second-order valence-electron chi connectivity index (χ2n) is 7.06. The van der Waals surface area contributed by atoms with E-state index in [1.54, 1.807) is 12.1 Å². The first-order valence-electron chi connectivity index (χ1n) is 8.26. The largest absolute Gasteiger partial charge is 0.461 e. The molecule has 2 aromatic heterocycles. The van der Waals surface area contributed by atoms with E-state index in [4.69, 9.17) is 20.9 Å². The zero-order valence-electron chi connectivity index (χ0n) is 14.9. The lowest BCUT2D eigenvalue weighted by Gasteiger charge is -2.24. The number of ether oxygens (including phenoxy) is 2. The summed E-state index contributed by atoms with van der Waals surface area (Å²) >= 11 is 0. The number of carbonyl (C=O) groups excluding carboxylic acids is 1. The molecule has 3 heterocycles. The van der Waals surface area contributed by atoms with Gasteiger partial charge in [-0.05, 0) is 32.0 Å². The standard InChI is InChI=1S/C17H21N5O5/c1-16(2,20)15(25)26-7-11-13(23)14(24)17(8-18,27-11)12-4-3-10-9(19)5-6-21-22(10)12/h3-6,11,13-14,23-24H,7,19-20H2,1-2H3/t11-,13-,14-,17+/m1/s1. The molecule has 0 aromatic carbocycles. The molecule has 1 aliphatic rings. The van der Waals surface area contributed by atoms with Crippen molar-refractivity contribution in [3.05, 3.63) is 30.1 Å². The van der Waals surface area contributed by atoms with E-state index in [0.29, 0.717) is 11.2 Å². The quantitative estimate of drug-likeness (QED) is 0.491. The van der Waals surface area contributed by atoms with Gasteiger partial charge >= 0.3 is 5.97 Å². The maximum atomic E-state index is 11.8. The summed E-state index contributed by atoms with van der Waals surface area (Å²) < 4.78 is 12.1. The number of nitrogens with two attached hydrogens (primary N) is 2. The van der Waals surface area contributed by atoms with Crippen molar-refractivity contribution in [2.24, 2.45) is 5.73 Å². The van der Waals surface area contributed by atoms with Gasteiger partial charge in [0.25, 0.3) is 0 Å². The maximum Gasteiger partial charge on any atom is 0.325 e.